The van der Waals surface area contributed by atoms with Gasteiger partial charge in [0.2, 0.25) is 11.8 Å². The first-order valence-corrected chi connectivity index (χ1v) is 6.86. The minimum Gasteiger partial charge on any atom is -0.353 e. The number of carbonyl (C=O) groups excluding carboxylic acids is 2. The van der Waals surface area contributed by atoms with E-state index >= 15 is 0 Å². The SMILES string of the molecule is CCC1C(=O)NCCN1C(=O)CCn1ccccc1=O. The molecule has 0 spiro atoms. The van der Waals surface area contributed by atoms with Crippen LogP contribution >= 0.6 is 0 Å². The van der Waals surface area contributed by atoms with Crippen molar-refractivity contribution in [3.05, 3.63) is 34.7 Å². The van der Waals surface area contributed by atoms with Gasteiger partial charge in [0.1, 0.15) is 6.04 Å². The third-order valence-electron chi connectivity index (χ3n) is 3.50. The Labute approximate surface area is 117 Å². The van der Waals surface area contributed by atoms with E-state index in [4.69, 9.17) is 0 Å². The average Bonchev–Trinajstić information content (AvgIpc) is 2.46. The molecule has 1 unspecified atom stereocenters. The quantitative estimate of drug-likeness (QED) is 0.840. The van der Waals surface area contributed by atoms with Gasteiger partial charge in [0.05, 0.1) is 0 Å². The van der Waals surface area contributed by atoms with Gasteiger partial charge in [0.15, 0.2) is 0 Å². The van der Waals surface area contributed by atoms with Crippen LogP contribution in [-0.4, -0.2) is 40.4 Å². The van der Waals surface area contributed by atoms with Crippen molar-refractivity contribution >= 4 is 11.8 Å². The highest BCUT2D eigenvalue weighted by Crippen LogP contribution is 2.10. The van der Waals surface area contributed by atoms with E-state index < -0.39 is 0 Å². The molecule has 0 aromatic carbocycles. The fourth-order valence-corrected chi connectivity index (χ4v) is 2.42. The highest BCUT2D eigenvalue weighted by molar-refractivity contribution is 5.88. The zero-order chi connectivity index (χ0) is 14.5. The van der Waals surface area contributed by atoms with Crippen molar-refractivity contribution in [3.63, 3.8) is 0 Å². The van der Waals surface area contributed by atoms with Crippen LogP contribution in [0.5, 0.6) is 0 Å². The molecular weight excluding hydrogens is 258 g/mol. The van der Waals surface area contributed by atoms with Gasteiger partial charge in [-0.1, -0.05) is 13.0 Å². The number of piperazine rings is 1. The average molecular weight is 277 g/mol. The zero-order valence-corrected chi connectivity index (χ0v) is 11.5. The molecule has 2 heterocycles. The molecule has 1 atom stereocenters. The molecule has 0 aliphatic carbocycles. The van der Waals surface area contributed by atoms with E-state index in [0.29, 0.717) is 26.1 Å². The van der Waals surface area contributed by atoms with Gasteiger partial charge in [-0.3, -0.25) is 14.4 Å². The number of rotatable bonds is 4. The summed E-state index contributed by atoms with van der Waals surface area (Å²) in [5.74, 6) is -0.175. The number of aromatic nitrogens is 1. The lowest BCUT2D eigenvalue weighted by atomic mass is 10.1. The van der Waals surface area contributed by atoms with Crippen molar-refractivity contribution in [2.75, 3.05) is 13.1 Å². The van der Waals surface area contributed by atoms with E-state index in [1.807, 2.05) is 6.92 Å². The molecule has 0 saturated carbocycles. The molecule has 1 aromatic heterocycles. The van der Waals surface area contributed by atoms with Gasteiger partial charge in [-0.05, 0) is 12.5 Å². The molecule has 1 saturated heterocycles. The topological polar surface area (TPSA) is 71.4 Å². The maximum absolute atomic E-state index is 12.2. The van der Waals surface area contributed by atoms with Gasteiger partial charge >= 0.3 is 0 Å². The molecule has 6 heteroatoms. The van der Waals surface area contributed by atoms with Crippen LogP contribution < -0.4 is 10.9 Å². The summed E-state index contributed by atoms with van der Waals surface area (Å²) in [6.45, 7) is 3.25. The van der Waals surface area contributed by atoms with Crippen molar-refractivity contribution in [1.82, 2.24) is 14.8 Å². The lowest BCUT2D eigenvalue weighted by molar-refractivity contribution is -0.143. The molecule has 1 aliphatic rings. The number of hydrogen-bond donors (Lipinski definition) is 1. The number of amides is 2. The van der Waals surface area contributed by atoms with Crippen molar-refractivity contribution < 1.29 is 9.59 Å². The molecule has 108 valence electrons. The zero-order valence-electron chi connectivity index (χ0n) is 11.5. The Morgan fingerprint density at radius 3 is 2.90 bits per heavy atom. The molecule has 1 aliphatic heterocycles. The molecule has 20 heavy (non-hydrogen) atoms. The summed E-state index contributed by atoms with van der Waals surface area (Å²) in [5.41, 5.74) is -0.122. The molecule has 2 rings (SSSR count). The fraction of sp³-hybridized carbons (Fsp3) is 0.500. The minimum absolute atomic E-state index is 0.0811. The summed E-state index contributed by atoms with van der Waals surface area (Å²) >= 11 is 0. The molecule has 0 bridgehead atoms. The van der Waals surface area contributed by atoms with Crippen LogP contribution in [-0.2, 0) is 16.1 Å². The van der Waals surface area contributed by atoms with Crippen LogP contribution in [0.4, 0.5) is 0 Å². The summed E-state index contributed by atoms with van der Waals surface area (Å²) in [4.78, 5) is 37.1. The van der Waals surface area contributed by atoms with Crippen LogP contribution in [0.3, 0.4) is 0 Å². The molecule has 1 N–H and O–H groups in total. The summed E-state index contributed by atoms with van der Waals surface area (Å²) < 4.78 is 1.50. The predicted molar refractivity (Wildman–Crippen MR) is 74.1 cm³/mol. The Kier molecular flexibility index (Phi) is 4.55. The third kappa shape index (κ3) is 3.07. The second-order valence-electron chi connectivity index (χ2n) is 4.78. The van der Waals surface area contributed by atoms with E-state index in [1.165, 1.54) is 10.6 Å². The van der Waals surface area contributed by atoms with Crippen LogP contribution in [0.2, 0.25) is 0 Å². The number of hydrogen-bond acceptors (Lipinski definition) is 3. The number of pyridine rings is 1. The second kappa shape index (κ2) is 6.36. The van der Waals surface area contributed by atoms with Crippen LogP contribution in [0, 0.1) is 0 Å². The Balaban J connectivity index is 1.99. The minimum atomic E-state index is -0.385. The Morgan fingerprint density at radius 2 is 2.20 bits per heavy atom. The highest BCUT2D eigenvalue weighted by Gasteiger charge is 2.30. The lowest BCUT2D eigenvalue weighted by Crippen LogP contribution is -2.57. The van der Waals surface area contributed by atoms with Crippen molar-refractivity contribution in [2.45, 2.75) is 32.4 Å². The predicted octanol–water partition coefficient (Wildman–Crippen LogP) is -0.0246. The largest absolute Gasteiger partial charge is 0.353 e. The van der Waals surface area contributed by atoms with E-state index in [2.05, 4.69) is 5.32 Å². The molecule has 2 amide bonds. The summed E-state index contributed by atoms with van der Waals surface area (Å²) in [5, 5.41) is 2.76. The Bertz CT molecular complexity index is 553. The van der Waals surface area contributed by atoms with Crippen molar-refractivity contribution in [1.29, 1.82) is 0 Å². The molecule has 1 aromatic rings. The third-order valence-corrected chi connectivity index (χ3v) is 3.50. The summed E-state index contributed by atoms with van der Waals surface area (Å²) in [6, 6.07) is 4.51. The van der Waals surface area contributed by atoms with Crippen LogP contribution in [0.1, 0.15) is 19.8 Å². The van der Waals surface area contributed by atoms with E-state index in [9.17, 15) is 14.4 Å². The molecular formula is C14H19N3O3. The standard InChI is InChI=1S/C14H19N3O3/c1-2-11-14(20)15-7-10-17(11)13(19)6-9-16-8-4-3-5-12(16)18/h3-5,8,11H,2,6-7,9-10H2,1H3,(H,15,20). The smallest absolute Gasteiger partial charge is 0.250 e. The molecule has 0 radical (unpaired) electrons. The second-order valence-corrected chi connectivity index (χ2v) is 4.78. The van der Waals surface area contributed by atoms with Crippen molar-refractivity contribution in [2.24, 2.45) is 0 Å². The first-order chi connectivity index (χ1) is 9.63. The van der Waals surface area contributed by atoms with E-state index in [0.717, 1.165) is 0 Å². The van der Waals surface area contributed by atoms with E-state index in [1.54, 1.807) is 23.2 Å². The summed E-state index contributed by atoms with van der Waals surface area (Å²) in [6.07, 6.45) is 2.49. The van der Waals surface area contributed by atoms with Gasteiger partial charge in [-0.15, -0.1) is 0 Å². The van der Waals surface area contributed by atoms with Gasteiger partial charge < -0.3 is 14.8 Å². The van der Waals surface area contributed by atoms with Gasteiger partial charge in [0, 0.05) is 38.3 Å². The highest BCUT2D eigenvalue weighted by atomic mass is 16.2. The Hall–Kier alpha value is -2.11. The normalized spacial score (nSPS) is 18.8. The molecule has 6 nitrogen and oxygen atoms in total. The lowest BCUT2D eigenvalue weighted by Gasteiger charge is -2.34. The number of nitrogens with zero attached hydrogens (tertiary/aromatic N) is 2. The van der Waals surface area contributed by atoms with Gasteiger partial charge in [-0.2, -0.15) is 0 Å². The Morgan fingerprint density at radius 1 is 1.40 bits per heavy atom. The fourth-order valence-electron chi connectivity index (χ4n) is 2.42. The van der Waals surface area contributed by atoms with Crippen LogP contribution in [0.25, 0.3) is 0 Å². The first-order valence-electron chi connectivity index (χ1n) is 6.86. The maximum atomic E-state index is 12.2. The first kappa shape index (κ1) is 14.3. The maximum Gasteiger partial charge on any atom is 0.250 e. The van der Waals surface area contributed by atoms with Gasteiger partial charge in [0.25, 0.3) is 5.56 Å². The summed E-state index contributed by atoms with van der Waals surface area (Å²) in [7, 11) is 0. The van der Waals surface area contributed by atoms with Gasteiger partial charge in [-0.25, -0.2) is 0 Å². The van der Waals surface area contributed by atoms with Crippen LogP contribution in [0.15, 0.2) is 29.2 Å². The number of nitrogens with one attached hydrogen (secondary N) is 1. The number of carbonyl (C=O) groups is 2. The number of aryl methyl sites for hydroxylation is 1. The van der Waals surface area contributed by atoms with E-state index in [-0.39, 0.29) is 29.8 Å². The monoisotopic (exact) mass is 277 g/mol. The molecule has 1 fully saturated rings. The van der Waals surface area contributed by atoms with Crippen molar-refractivity contribution in [3.8, 4) is 0 Å².